The molecule has 0 amide bonds. The first-order valence-corrected chi connectivity index (χ1v) is 6.98. The van der Waals surface area contributed by atoms with Gasteiger partial charge in [0, 0.05) is 26.6 Å². The minimum atomic E-state index is 0.604. The summed E-state index contributed by atoms with van der Waals surface area (Å²) in [5.41, 5.74) is 0.855. The van der Waals surface area contributed by atoms with Crippen molar-refractivity contribution < 1.29 is 4.52 Å². The third kappa shape index (κ3) is 2.58. The van der Waals surface area contributed by atoms with Crippen LogP contribution >= 0.6 is 0 Å². The van der Waals surface area contributed by atoms with Crippen molar-refractivity contribution in [1.29, 1.82) is 0 Å². The van der Waals surface area contributed by atoms with Gasteiger partial charge in [0.05, 0.1) is 24.3 Å². The maximum Gasteiger partial charge on any atom is 0.163 e. The van der Waals surface area contributed by atoms with Gasteiger partial charge in [-0.2, -0.15) is 5.10 Å². The van der Waals surface area contributed by atoms with Crippen LogP contribution < -0.4 is 4.90 Å². The maximum absolute atomic E-state index is 5.16. The highest BCUT2D eigenvalue weighted by Crippen LogP contribution is 2.24. The molecule has 3 aromatic rings. The monoisotopic (exact) mass is 286 g/mol. The number of hydrogen-bond acceptors (Lipinski definition) is 6. The predicted molar refractivity (Wildman–Crippen MR) is 78.9 cm³/mol. The molecule has 0 N–H and O–H groups in total. The normalized spacial score (nSPS) is 11.2. The number of aromatic nitrogens is 5. The largest absolute Gasteiger partial charge is 0.360 e. The fourth-order valence-corrected chi connectivity index (χ4v) is 2.31. The Morgan fingerprint density at radius 1 is 1.33 bits per heavy atom. The highest BCUT2D eigenvalue weighted by molar-refractivity contribution is 5.86. The zero-order valence-corrected chi connectivity index (χ0v) is 12.4. The molecule has 0 atom stereocenters. The van der Waals surface area contributed by atoms with Gasteiger partial charge in [-0.15, -0.1) is 0 Å². The molecule has 110 valence electrons. The number of fused-ring (bicyclic) bond motifs is 1. The quantitative estimate of drug-likeness (QED) is 0.713. The van der Waals surface area contributed by atoms with Crippen LogP contribution in [0.3, 0.4) is 0 Å². The van der Waals surface area contributed by atoms with E-state index < -0.39 is 0 Å². The SMILES string of the molecule is CCCc1nc(N(C)Cc2ccno2)c2cnn(C)c2n1. The van der Waals surface area contributed by atoms with Crippen molar-refractivity contribution in [2.45, 2.75) is 26.3 Å². The summed E-state index contributed by atoms with van der Waals surface area (Å²) >= 11 is 0. The first kappa shape index (κ1) is 13.5. The standard InChI is InChI=1S/C14H18N6O/c1-4-5-12-17-13(11-8-15-20(3)14(11)18-12)19(2)9-10-6-7-16-21-10/h6-8H,4-5,9H2,1-3H3. The Morgan fingerprint density at radius 2 is 2.19 bits per heavy atom. The molecular formula is C14H18N6O. The molecule has 0 aromatic carbocycles. The number of nitrogens with zero attached hydrogens (tertiary/aromatic N) is 6. The molecule has 0 saturated carbocycles. The van der Waals surface area contributed by atoms with Crippen molar-refractivity contribution in [2.24, 2.45) is 7.05 Å². The molecule has 0 unspecified atom stereocenters. The van der Waals surface area contributed by atoms with E-state index in [0.717, 1.165) is 41.3 Å². The first-order chi connectivity index (χ1) is 10.2. The molecule has 7 nitrogen and oxygen atoms in total. The lowest BCUT2D eigenvalue weighted by Crippen LogP contribution is -2.19. The molecule has 7 heteroatoms. The highest BCUT2D eigenvalue weighted by Gasteiger charge is 2.15. The molecule has 0 saturated heterocycles. The topological polar surface area (TPSA) is 72.9 Å². The average molecular weight is 286 g/mol. The zero-order chi connectivity index (χ0) is 14.8. The van der Waals surface area contributed by atoms with E-state index in [1.165, 1.54) is 0 Å². The minimum absolute atomic E-state index is 0.604. The first-order valence-electron chi connectivity index (χ1n) is 6.98. The van der Waals surface area contributed by atoms with E-state index in [1.807, 2.05) is 25.1 Å². The van der Waals surface area contributed by atoms with Gasteiger partial charge in [-0.3, -0.25) is 4.68 Å². The van der Waals surface area contributed by atoms with Crippen LogP contribution in [0.2, 0.25) is 0 Å². The molecule has 0 aliphatic rings. The van der Waals surface area contributed by atoms with Gasteiger partial charge in [-0.1, -0.05) is 12.1 Å². The van der Waals surface area contributed by atoms with E-state index in [2.05, 4.69) is 27.1 Å². The molecule has 0 radical (unpaired) electrons. The van der Waals surface area contributed by atoms with Crippen LogP contribution in [-0.2, 0) is 20.0 Å². The number of hydrogen-bond donors (Lipinski definition) is 0. The predicted octanol–water partition coefficient (Wildman–Crippen LogP) is 1.94. The summed E-state index contributed by atoms with van der Waals surface area (Å²) in [4.78, 5) is 11.3. The lowest BCUT2D eigenvalue weighted by Gasteiger charge is -2.18. The van der Waals surface area contributed by atoms with Gasteiger partial charge in [0.2, 0.25) is 0 Å². The molecule has 3 aromatic heterocycles. The van der Waals surface area contributed by atoms with Gasteiger partial charge >= 0.3 is 0 Å². The Labute approximate surface area is 122 Å². The van der Waals surface area contributed by atoms with Gasteiger partial charge in [0.15, 0.2) is 11.4 Å². The summed E-state index contributed by atoms with van der Waals surface area (Å²) in [6, 6.07) is 1.85. The molecule has 3 heterocycles. The fourth-order valence-electron chi connectivity index (χ4n) is 2.31. The van der Waals surface area contributed by atoms with Gasteiger partial charge in [0.25, 0.3) is 0 Å². The van der Waals surface area contributed by atoms with Crippen LogP contribution in [0, 0.1) is 0 Å². The van der Waals surface area contributed by atoms with E-state index >= 15 is 0 Å². The van der Waals surface area contributed by atoms with Crippen molar-refractivity contribution in [3.05, 3.63) is 30.0 Å². The van der Waals surface area contributed by atoms with Gasteiger partial charge in [-0.25, -0.2) is 9.97 Å². The van der Waals surface area contributed by atoms with Gasteiger partial charge in [0.1, 0.15) is 11.6 Å². The molecule has 0 spiro atoms. The average Bonchev–Trinajstić information content (AvgIpc) is 3.09. The Morgan fingerprint density at radius 3 is 2.90 bits per heavy atom. The maximum atomic E-state index is 5.16. The lowest BCUT2D eigenvalue weighted by atomic mass is 10.3. The van der Waals surface area contributed by atoms with Crippen molar-refractivity contribution in [3.63, 3.8) is 0 Å². The Bertz CT molecular complexity index is 733. The van der Waals surface area contributed by atoms with E-state index in [4.69, 9.17) is 4.52 Å². The summed E-state index contributed by atoms with van der Waals surface area (Å²) in [5.74, 6) is 2.51. The molecule has 0 aliphatic heterocycles. The molecule has 3 rings (SSSR count). The summed E-state index contributed by atoms with van der Waals surface area (Å²) < 4.78 is 6.94. The second kappa shape index (κ2) is 5.51. The molecule has 21 heavy (non-hydrogen) atoms. The second-order valence-electron chi connectivity index (χ2n) is 5.05. The molecule has 0 fully saturated rings. The van der Waals surface area contributed by atoms with Crippen LogP contribution in [0.4, 0.5) is 5.82 Å². The van der Waals surface area contributed by atoms with Crippen LogP contribution in [-0.4, -0.2) is 32.0 Å². The van der Waals surface area contributed by atoms with Gasteiger partial charge < -0.3 is 9.42 Å². The molecular weight excluding hydrogens is 268 g/mol. The number of anilines is 1. The Balaban J connectivity index is 2.02. The Kier molecular flexibility index (Phi) is 3.55. The van der Waals surface area contributed by atoms with Crippen molar-refractivity contribution >= 4 is 16.9 Å². The number of rotatable bonds is 5. The smallest absolute Gasteiger partial charge is 0.163 e. The van der Waals surface area contributed by atoms with E-state index in [1.54, 1.807) is 17.1 Å². The lowest BCUT2D eigenvalue weighted by molar-refractivity contribution is 0.383. The van der Waals surface area contributed by atoms with E-state index in [9.17, 15) is 0 Å². The van der Waals surface area contributed by atoms with Crippen LogP contribution in [0.5, 0.6) is 0 Å². The zero-order valence-electron chi connectivity index (χ0n) is 12.4. The van der Waals surface area contributed by atoms with Crippen molar-refractivity contribution in [2.75, 3.05) is 11.9 Å². The van der Waals surface area contributed by atoms with E-state index in [-0.39, 0.29) is 0 Å². The third-order valence-electron chi connectivity index (χ3n) is 3.34. The highest BCUT2D eigenvalue weighted by atomic mass is 16.5. The summed E-state index contributed by atoms with van der Waals surface area (Å²) in [6.07, 6.45) is 5.31. The van der Waals surface area contributed by atoms with Crippen molar-refractivity contribution in [3.8, 4) is 0 Å². The van der Waals surface area contributed by atoms with Crippen LogP contribution in [0.1, 0.15) is 24.9 Å². The summed E-state index contributed by atoms with van der Waals surface area (Å²) in [7, 11) is 3.87. The third-order valence-corrected chi connectivity index (χ3v) is 3.34. The fraction of sp³-hybridized carbons (Fsp3) is 0.429. The summed E-state index contributed by atoms with van der Waals surface area (Å²) in [6.45, 7) is 2.72. The number of aryl methyl sites for hydroxylation is 2. The summed E-state index contributed by atoms with van der Waals surface area (Å²) in [5, 5.41) is 8.96. The molecule has 0 bridgehead atoms. The van der Waals surface area contributed by atoms with Crippen LogP contribution in [0.15, 0.2) is 23.0 Å². The van der Waals surface area contributed by atoms with Crippen molar-refractivity contribution in [1.82, 2.24) is 24.9 Å². The van der Waals surface area contributed by atoms with Gasteiger partial charge in [-0.05, 0) is 6.42 Å². The second-order valence-corrected chi connectivity index (χ2v) is 5.05. The Hall–Kier alpha value is -2.44. The minimum Gasteiger partial charge on any atom is -0.360 e. The molecule has 0 aliphatic carbocycles. The van der Waals surface area contributed by atoms with E-state index in [0.29, 0.717) is 6.54 Å². The van der Waals surface area contributed by atoms with Crippen LogP contribution in [0.25, 0.3) is 11.0 Å².